The zero-order valence-corrected chi connectivity index (χ0v) is 22.3. The van der Waals surface area contributed by atoms with Gasteiger partial charge in [-0.1, -0.05) is 41.9 Å². The van der Waals surface area contributed by atoms with Gasteiger partial charge in [0.1, 0.15) is 18.4 Å². The monoisotopic (exact) mass is 545 g/mol. The van der Waals surface area contributed by atoms with E-state index in [9.17, 15) is 22.4 Å². The number of amides is 2. The first kappa shape index (κ1) is 28.1. The molecule has 0 saturated carbocycles. The van der Waals surface area contributed by atoms with Crippen molar-refractivity contribution in [3.05, 3.63) is 95.3 Å². The quantitative estimate of drug-likeness (QED) is 0.403. The number of rotatable bonds is 10. The zero-order chi connectivity index (χ0) is 27.2. The van der Waals surface area contributed by atoms with Gasteiger partial charge in [0.05, 0.1) is 10.6 Å². The summed E-state index contributed by atoms with van der Waals surface area (Å²) in [4.78, 5) is 27.9. The van der Waals surface area contributed by atoms with Gasteiger partial charge in [0.15, 0.2) is 0 Å². The highest BCUT2D eigenvalue weighted by Gasteiger charge is 2.32. The molecule has 0 unspecified atom stereocenters. The second-order valence-electron chi connectivity index (χ2n) is 8.79. The topological polar surface area (TPSA) is 86.8 Å². The molecule has 0 radical (unpaired) electrons. The normalized spacial score (nSPS) is 12.2. The summed E-state index contributed by atoms with van der Waals surface area (Å²) in [7, 11) is -4.15. The molecule has 1 N–H and O–H groups in total. The number of sulfonamides is 1. The lowest BCUT2D eigenvalue weighted by atomic mass is 10.1. The molecule has 0 aliphatic heterocycles. The van der Waals surface area contributed by atoms with Gasteiger partial charge in [-0.05, 0) is 74.9 Å². The van der Waals surface area contributed by atoms with Crippen LogP contribution in [-0.4, -0.2) is 43.8 Å². The maximum absolute atomic E-state index is 13.7. The predicted octanol–water partition coefficient (Wildman–Crippen LogP) is 4.62. The molecule has 0 spiro atoms. The van der Waals surface area contributed by atoms with Crippen molar-refractivity contribution in [3.63, 3.8) is 0 Å². The molecule has 0 heterocycles. The lowest BCUT2D eigenvalue weighted by Crippen LogP contribution is -2.52. The molecule has 37 heavy (non-hydrogen) atoms. The second kappa shape index (κ2) is 12.2. The van der Waals surface area contributed by atoms with Gasteiger partial charge >= 0.3 is 0 Å². The van der Waals surface area contributed by atoms with E-state index < -0.39 is 40.2 Å². The van der Waals surface area contributed by atoms with E-state index in [0.29, 0.717) is 10.6 Å². The minimum absolute atomic E-state index is 0.00781. The van der Waals surface area contributed by atoms with Gasteiger partial charge in [-0.2, -0.15) is 0 Å². The number of benzene rings is 3. The SMILES string of the molecule is CC(C)NC(=O)[C@H](C)N(Cc1ccc(F)cc1)C(=O)CN(c1ccc(Cl)cc1)S(=O)(=O)c1ccccc1. The van der Waals surface area contributed by atoms with Crippen molar-refractivity contribution in [3.8, 4) is 0 Å². The highest BCUT2D eigenvalue weighted by Crippen LogP contribution is 2.26. The van der Waals surface area contributed by atoms with Gasteiger partial charge in [0, 0.05) is 17.6 Å². The molecule has 7 nitrogen and oxygen atoms in total. The van der Waals surface area contributed by atoms with Crippen LogP contribution in [-0.2, 0) is 26.2 Å². The average Bonchev–Trinajstić information content (AvgIpc) is 2.87. The molecule has 3 aromatic carbocycles. The van der Waals surface area contributed by atoms with E-state index in [-0.39, 0.29) is 23.2 Å². The molecule has 10 heteroatoms. The van der Waals surface area contributed by atoms with E-state index in [2.05, 4.69) is 5.32 Å². The number of nitrogens with one attached hydrogen (secondary N) is 1. The molecular weight excluding hydrogens is 517 g/mol. The smallest absolute Gasteiger partial charge is 0.264 e. The number of hydrogen-bond acceptors (Lipinski definition) is 4. The van der Waals surface area contributed by atoms with Gasteiger partial charge in [0.25, 0.3) is 10.0 Å². The highest BCUT2D eigenvalue weighted by atomic mass is 35.5. The molecule has 0 fully saturated rings. The number of anilines is 1. The van der Waals surface area contributed by atoms with Crippen molar-refractivity contribution < 1.29 is 22.4 Å². The van der Waals surface area contributed by atoms with Crippen LogP contribution >= 0.6 is 11.6 Å². The van der Waals surface area contributed by atoms with Crippen LogP contribution in [0.4, 0.5) is 10.1 Å². The minimum Gasteiger partial charge on any atom is -0.352 e. The fourth-order valence-corrected chi connectivity index (χ4v) is 5.19. The Morgan fingerprint density at radius 3 is 2.08 bits per heavy atom. The number of halogens is 2. The largest absolute Gasteiger partial charge is 0.352 e. The first-order valence-corrected chi connectivity index (χ1v) is 13.5. The van der Waals surface area contributed by atoms with Crippen LogP contribution in [0.5, 0.6) is 0 Å². The third-order valence-corrected chi connectivity index (χ3v) is 7.63. The summed E-state index contributed by atoms with van der Waals surface area (Å²) in [6.07, 6.45) is 0. The minimum atomic E-state index is -4.15. The summed E-state index contributed by atoms with van der Waals surface area (Å²) in [5, 5.41) is 3.19. The summed E-state index contributed by atoms with van der Waals surface area (Å²) in [6, 6.07) is 18.3. The average molecular weight is 546 g/mol. The van der Waals surface area contributed by atoms with E-state index in [1.165, 1.54) is 65.6 Å². The van der Waals surface area contributed by atoms with Crippen LogP contribution in [0.1, 0.15) is 26.3 Å². The Labute approximate surface area is 221 Å². The van der Waals surface area contributed by atoms with E-state index in [1.54, 1.807) is 39.0 Å². The molecule has 0 bridgehead atoms. The summed E-state index contributed by atoms with van der Waals surface area (Å²) in [6.45, 7) is 4.57. The van der Waals surface area contributed by atoms with Crippen LogP contribution in [0.25, 0.3) is 0 Å². The van der Waals surface area contributed by atoms with E-state index in [1.807, 2.05) is 0 Å². The molecule has 196 valence electrons. The van der Waals surface area contributed by atoms with Gasteiger partial charge in [-0.25, -0.2) is 12.8 Å². The van der Waals surface area contributed by atoms with Crippen LogP contribution in [0.3, 0.4) is 0 Å². The molecule has 0 aliphatic carbocycles. The van der Waals surface area contributed by atoms with E-state index in [4.69, 9.17) is 11.6 Å². The maximum Gasteiger partial charge on any atom is 0.264 e. The molecule has 0 saturated heterocycles. The lowest BCUT2D eigenvalue weighted by molar-refractivity contribution is -0.139. The summed E-state index contributed by atoms with van der Waals surface area (Å²) >= 11 is 6.01. The zero-order valence-electron chi connectivity index (χ0n) is 20.8. The Balaban J connectivity index is 2.00. The van der Waals surface area contributed by atoms with Crippen LogP contribution in [0.2, 0.25) is 5.02 Å². The number of nitrogens with zero attached hydrogens (tertiary/aromatic N) is 2. The van der Waals surface area contributed by atoms with Gasteiger partial charge in [0.2, 0.25) is 11.8 Å². The third-order valence-electron chi connectivity index (χ3n) is 5.59. The Bertz CT molecular complexity index is 1320. The molecule has 3 rings (SSSR count). The first-order valence-electron chi connectivity index (χ1n) is 11.7. The molecule has 2 amide bonds. The van der Waals surface area contributed by atoms with Gasteiger partial charge in [-0.3, -0.25) is 13.9 Å². The number of hydrogen-bond donors (Lipinski definition) is 1. The standard InChI is InChI=1S/C27H29ClFN3O4S/c1-19(2)30-27(34)20(3)31(17-21-9-13-23(29)14-10-21)26(33)18-32(24-15-11-22(28)12-16-24)37(35,36)25-7-5-4-6-8-25/h4-16,19-20H,17-18H2,1-3H3,(H,30,34)/t20-/m0/s1. The Hall–Kier alpha value is -3.43. The molecular formula is C27H29ClFN3O4S. The number of carbonyl (C=O) groups excluding carboxylic acids is 2. The predicted molar refractivity (Wildman–Crippen MR) is 142 cm³/mol. The van der Waals surface area contributed by atoms with Crippen molar-refractivity contribution in [2.75, 3.05) is 10.8 Å². The van der Waals surface area contributed by atoms with Crippen molar-refractivity contribution in [1.29, 1.82) is 0 Å². The van der Waals surface area contributed by atoms with Gasteiger partial charge in [-0.15, -0.1) is 0 Å². The van der Waals surface area contributed by atoms with Crippen LogP contribution < -0.4 is 9.62 Å². The van der Waals surface area contributed by atoms with Gasteiger partial charge < -0.3 is 10.2 Å². The Morgan fingerprint density at radius 2 is 1.51 bits per heavy atom. The van der Waals surface area contributed by atoms with Crippen LogP contribution in [0.15, 0.2) is 83.8 Å². The number of carbonyl (C=O) groups is 2. The summed E-state index contributed by atoms with van der Waals surface area (Å²) in [5.41, 5.74) is 0.825. The maximum atomic E-state index is 13.7. The van der Waals surface area contributed by atoms with Crippen molar-refractivity contribution in [2.24, 2.45) is 0 Å². The molecule has 1 atom stereocenters. The Morgan fingerprint density at radius 1 is 0.919 bits per heavy atom. The molecule has 0 aromatic heterocycles. The van der Waals surface area contributed by atoms with Crippen molar-refractivity contribution in [1.82, 2.24) is 10.2 Å². The van der Waals surface area contributed by atoms with Crippen molar-refractivity contribution >= 4 is 39.1 Å². The first-order chi connectivity index (χ1) is 17.5. The second-order valence-corrected chi connectivity index (χ2v) is 11.1. The van der Waals surface area contributed by atoms with Crippen molar-refractivity contribution in [2.45, 2.75) is 44.3 Å². The highest BCUT2D eigenvalue weighted by molar-refractivity contribution is 7.92. The molecule has 0 aliphatic rings. The summed E-state index contributed by atoms with van der Waals surface area (Å²) in [5.74, 6) is -1.44. The van der Waals surface area contributed by atoms with Crippen LogP contribution in [0, 0.1) is 5.82 Å². The lowest BCUT2D eigenvalue weighted by Gasteiger charge is -2.32. The van der Waals surface area contributed by atoms with E-state index in [0.717, 1.165) is 4.31 Å². The fraction of sp³-hybridized carbons (Fsp3) is 0.259. The fourth-order valence-electron chi connectivity index (χ4n) is 3.63. The summed E-state index contributed by atoms with van der Waals surface area (Å²) < 4.78 is 41.7. The third kappa shape index (κ3) is 7.30. The van der Waals surface area contributed by atoms with E-state index >= 15 is 0 Å². The molecule has 3 aromatic rings. The Kier molecular flexibility index (Phi) is 9.29.